The second-order valence-electron chi connectivity index (χ2n) is 6.73. The number of halogens is 3. The Balaban J connectivity index is 2.17. The van der Waals surface area contributed by atoms with Gasteiger partial charge >= 0.3 is 6.18 Å². The number of alkyl halides is 3. The minimum Gasteiger partial charge on any atom is -0.508 e. The lowest BCUT2D eigenvalue weighted by molar-refractivity contribution is -0.140. The molecule has 4 rings (SSSR count). The summed E-state index contributed by atoms with van der Waals surface area (Å²) in [6, 6.07) is 10.8. The Morgan fingerprint density at radius 3 is 2.27 bits per heavy atom. The second-order valence-corrected chi connectivity index (χ2v) is 7.79. The largest absolute Gasteiger partial charge is 0.508 e. The lowest BCUT2D eigenvalue weighted by Crippen LogP contribution is -2.08. The van der Waals surface area contributed by atoms with Crippen LogP contribution >= 0.6 is 11.3 Å². The molecule has 0 saturated heterocycles. The van der Waals surface area contributed by atoms with E-state index < -0.39 is 11.9 Å². The number of aryl methyl sites for hydroxylation is 2. The zero-order valence-corrected chi connectivity index (χ0v) is 16.7. The molecule has 4 aromatic rings. The maximum absolute atomic E-state index is 14.0. The Bertz CT molecular complexity index is 1210. The van der Waals surface area contributed by atoms with Gasteiger partial charge in [0, 0.05) is 17.0 Å². The smallest absolute Gasteiger partial charge is 0.435 e. The monoisotopic (exact) mass is 431 g/mol. The highest BCUT2D eigenvalue weighted by atomic mass is 32.1. The maximum Gasteiger partial charge on any atom is 0.435 e. The van der Waals surface area contributed by atoms with Gasteiger partial charge < -0.3 is 10.2 Å². The average molecular weight is 431 g/mol. The fourth-order valence-corrected chi connectivity index (χ4v) is 3.99. The Morgan fingerprint density at radius 1 is 1.00 bits per heavy atom. The van der Waals surface area contributed by atoms with E-state index in [-0.39, 0.29) is 34.0 Å². The van der Waals surface area contributed by atoms with E-state index >= 15 is 0 Å². The van der Waals surface area contributed by atoms with Crippen LogP contribution in [-0.4, -0.2) is 25.0 Å². The van der Waals surface area contributed by atoms with Gasteiger partial charge in [0.2, 0.25) is 0 Å². The molecule has 0 bridgehead atoms. The number of hydrogen-bond donors (Lipinski definition) is 2. The summed E-state index contributed by atoms with van der Waals surface area (Å²) in [6.07, 6.45) is -4.75. The number of hydrogen-bond acceptors (Lipinski definition) is 5. The predicted molar refractivity (Wildman–Crippen MR) is 108 cm³/mol. The van der Waals surface area contributed by atoms with Crippen LogP contribution in [-0.2, 0) is 6.18 Å². The van der Waals surface area contributed by atoms with Crippen LogP contribution < -0.4 is 0 Å². The van der Waals surface area contributed by atoms with E-state index in [4.69, 9.17) is 0 Å². The third kappa shape index (κ3) is 3.41. The van der Waals surface area contributed by atoms with Gasteiger partial charge in [-0.3, -0.25) is 0 Å². The molecule has 0 spiro atoms. The fraction of sp³-hybridized carbons (Fsp3) is 0.143. The zero-order valence-electron chi connectivity index (χ0n) is 15.9. The topological polar surface area (TPSA) is 71.2 Å². The third-order valence-corrected chi connectivity index (χ3v) is 5.34. The third-order valence-electron chi connectivity index (χ3n) is 4.57. The highest BCUT2D eigenvalue weighted by Crippen LogP contribution is 2.47. The Hall–Kier alpha value is -3.33. The van der Waals surface area contributed by atoms with Crippen LogP contribution in [0.4, 0.5) is 13.2 Å². The van der Waals surface area contributed by atoms with E-state index in [1.807, 2.05) is 0 Å². The predicted octanol–water partition coefficient (Wildman–Crippen LogP) is 5.71. The van der Waals surface area contributed by atoms with Crippen molar-refractivity contribution >= 4 is 11.3 Å². The summed E-state index contributed by atoms with van der Waals surface area (Å²) in [5, 5.41) is 26.4. The zero-order chi connectivity index (χ0) is 21.6. The van der Waals surface area contributed by atoms with Crippen molar-refractivity contribution in [1.82, 2.24) is 14.8 Å². The first kappa shape index (κ1) is 20.0. The molecule has 2 aromatic carbocycles. The van der Waals surface area contributed by atoms with E-state index in [2.05, 4.69) is 10.1 Å². The molecule has 0 radical (unpaired) electrons. The first-order chi connectivity index (χ1) is 14.2. The molecule has 0 saturated carbocycles. The molecule has 0 aliphatic rings. The van der Waals surface area contributed by atoms with Crippen LogP contribution in [0.15, 0.2) is 47.8 Å². The van der Waals surface area contributed by atoms with E-state index in [1.165, 1.54) is 22.8 Å². The summed E-state index contributed by atoms with van der Waals surface area (Å²) in [5.74, 6) is -0.548. The summed E-state index contributed by atoms with van der Waals surface area (Å²) in [4.78, 5) is 4.26. The number of nitrogens with zero attached hydrogens (tertiary/aromatic N) is 3. The molecule has 9 heteroatoms. The quantitative estimate of drug-likeness (QED) is 0.436. The Kier molecular flexibility index (Phi) is 4.77. The van der Waals surface area contributed by atoms with E-state index in [0.29, 0.717) is 16.3 Å². The molecule has 5 nitrogen and oxygen atoms in total. The number of rotatable bonds is 3. The first-order valence-corrected chi connectivity index (χ1v) is 9.76. The lowest BCUT2D eigenvalue weighted by Gasteiger charge is -2.14. The molecule has 0 aliphatic carbocycles. The number of thiazole rings is 1. The van der Waals surface area contributed by atoms with Crippen LogP contribution in [0.2, 0.25) is 0 Å². The number of aromatic nitrogens is 3. The van der Waals surface area contributed by atoms with Gasteiger partial charge in [-0.05, 0) is 37.6 Å². The molecule has 30 heavy (non-hydrogen) atoms. The first-order valence-electron chi connectivity index (χ1n) is 8.88. The van der Waals surface area contributed by atoms with Gasteiger partial charge in [-0.15, -0.1) is 11.3 Å². The second kappa shape index (κ2) is 7.17. The fourth-order valence-electron chi connectivity index (χ4n) is 3.38. The molecule has 2 heterocycles. The SMILES string of the molecule is Cc1nc(-c2c(C(F)(F)F)nn(-c3ccccc3)c2-c2c(C)cc(O)cc2O)cs1. The van der Waals surface area contributed by atoms with Gasteiger partial charge in [0.05, 0.1) is 27.6 Å². The number of para-hydroxylation sites is 1. The van der Waals surface area contributed by atoms with E-state index in [1.54, 1.807) is 44.2 Å². The molecule has 2 N–H and O–H groups in total. The summed E-state index contributed by atoms with van der Waals surface area (Å²) < 4.78 is 43.2. The summed E-state index contributed by atoms with van der Waals surface area (Å²) in [7, 11) is 0. The van der Waals surface area contributed by atoms with Gasteiger partial charge in [0.1, 0.15) is 11.5 Å². The van der Waals surface area contributed by atoms with Gasteiger partial charge in [-0.1, -0.05) is 18.2 Å². The van der Waals surface area contributed by atoms with Crippen molar-refractivity contribution in [1.29, 1.82) is 0 Å². The average Bonchev–Trinajstić information content (AvgIpc) is 3.25. The Morgan fingerprint density at radius 2 is 1.70 bits per heavy atom. The van der Waals surface area contributed by atoms with Crippen LogP contribution in [0.1, 0.15) is 16.3 Å². The minimum absolute atomic E-state index is 0.0498. The molecule has 154 valence electrons. The molecule has 0 unspecified atom stereocenters. The minimum atomic E-state index is -4.75. The molecule has 0 aliphatic heterocycles. The molecule has 0 atom stereocenters. The lowest BCUT2D eigenvalue weighted by atomic mass is 9.97. The van der Waals surface area contributed by atoms with Crippen molar-refractivity contribution in [3.63, 3.8) is 0 Å². The molecular formula is C21H16F3N3O2S. The van der Waals surface area contributed by atoms with Crippen LogP contribution in [0, 0.1) is 13.8 Å². The molecule has 0 amide bonds. The van der Waals surface area contributed by atoms with Crippen LogP contribution in [0.5, 0.6) is 11.5 Å². The standard InChI is InChI=1S/C21H16F3N3O2S/c1-11-8-14(28)9-16(29)17(11)19-18(15-10-30-12(2)25-15)20(21(22,23)24)26-27(19)13-6-4-3-5-7-13/h3-10,28-29H,1-2H3. The van der Waals surface area contributed by atoms with Crippen molar-refractivity contribution in [3.8, 4) is 39.7 Å². The van der Waals surface area contributed by atoms with Gasteiger partial charge in [-0.2, -0.15) is 18.3 Å². The normalized spacial score (nSPS) is 11.8. The van der Waals surface area contributed by atoms with Crippen molar-refractivity contribution in [2.24, 2.45) is 0 Å². The van der Waals surface area contributed by atoms with Crippen molar-refractivity contribution in [2.75, 3.05) is 0 Å². The number of aromatic hydroxyl groups is 2. The summed E-state index contributed by atoms with van der Waals surface area (Å²) >= 11 is 1.22. The highest BCUT2D eigenvalue weighted by molar-refractivity contribution is 7.09. The van der Waals surface area contributed by atoms with Crippen molar-refractivity contribution < 1.29 is 23.4 Å². The van der Waals surface area contributed by atoms with Crippen LogP contribution in [0.3, 0.4) is 0 Å². The molecule has 0 fully saturated rings. The number of phenolic OH excluding ortho intramolecular Hbond substituents is 2. The van der Waals surface area contributed by atoms with Crippen molar-refractivity contribution in [2.45, 2.75) is 20.0 Å². The van der Waals surface area contributed by atoms with Crippen LogP contribution in [0.25, 0.3) is 28.2 Å². The van der Waals surface area contributed by atoms with Gasteiger partial charge in [0.15, 0.2) is 5.69 Å². The Labute approximate surface area is 173 Å². The summed E-state index contributed by atoms with van der Waals surface area (Å²) in [6.45, 7) is 3.30. The maximum atomic E-state index is 14.0. The summed E-state index contributed by atoms with van der Waals surface area (Å²) in [5.41, 5.74) is -0.226. The van der Waals surface area contributed by atoms with Gasteiger partial charge in [0.25, 0.3) is 0 Å². The molecular weight excluding hydrogens is 415 g/mol. The highest BCUT2D eigenvalue weighted by Gasteiger charge is 2.41. The molecule has 2 aromatic heterocycles. The van der Waals surface area contributed by atoms with Crippen molar-refractivity contribution in [3.05, 3.63) is 64.1 Å². The number of benzene rings is 2. The van der Waals surface area contributed by atoms with Gasteiger partial charge in [-0.25, -0.2) is 9.67 Å². The van der Waals surface area contributed by atoms with E-state index in [9.17, 15) is 23.4 Å². The number of phenols is 2. The van der Waals surface area contributed by atoms with E-state index in [0.717, 1.165) is 10.7 Å².